The van der Waals surface area contributed by atoms with Crippen molar-refractivity contribution in [1.29, 1.82) is 0 Å². The minimum absolute atomic E-state index is 0.268. The molecule has 146 valence electrons. The van der Waals surface area contributed by atoms with Crippen LogP contribution in [0.4, 0.5) is 0 Å². The minimum atomic E-state index is -0.520. The molecule has 3 aromatic rings. The Morgan fingerprint density at radius 1 is 0.897 bits per heavy atom. The summed E-state index contributed by atoms with van der Waals surface area (Å²) < 4.78 is 7.19. The Morgan fingerprint density at radius 2 is 1.48 bits per heavy atom. The quantitative estimate of drug-likeness (QED) is 0.193. The lowest BCUT2D eigenvalue weighted by atomic mass is 10.2. The number of ether oxygens (including phenoxy) is 1. The summed E-state index contributed by atoms with van der Waals surface area (Å²) in [6, 6.07) is 18.4. The number of benzene rings is 3. The number of amides is 1. The van der Waals surface area contributed by atoms with Gasteiger partial charge in [0.05, 0.1) is 11.8 Å². The van der Waals surface area contributed by atoms with Gasteiger partial charge in [-0.25, -0.2) is 10.2 Å². The summed E-state index contributed by atoms with van der Waals surface area (Å²) in [5.74, 6) is -0.624. The number of rotatable bonds is 5. The van der Waals surface area contributed by atoms with Crippen molar-refractivity contribution < 1.29 is 14.3 Å². The van der Waals surface area contributed by atoms with Crippen molar-refractivity contribution in [3.63, 3.8) is 0 Å². The van der Waals surface area contributed by atoms with E-state index in [0.717, 1.165) is 8.95 Å². The lowest BCUT2D eigenvalue weighted by molar-refractivity contribution is 0.0734. The fraction of sp³-hybridized carbons (Fsp3) is 0. The van der Waals surface area contributed by atoms with E-state index in [4.69, 9.17) is 16.3 Å². The molecule has 0 radical (unpaired) electrons. The van der Waals surface area contributed by atoms with Gasteiger partial charge < -0.3 is 4.74 Å². The highest BCUT2D eigenvalue weighted by atomic mass is 79.9. The molecule has 0 aliphatic heterocycles. The summed E-state index contributed by atoms with van der Waals surface area (Å²) >= 11 is 12.7. The van der Waals surface area contributed by atoms with Crippen molar-refractivity contribution in [2.24, 2.45) is 5.10 Å². The van der Waals surface area contributed by atoms with Gasteiger partial charge in [0.1, 0.15) is 5.75 Å². The summed E-state index contributed by atoms with van der Waals surface area (Å²) in [7, 11) is 0. The van der Waals surface area contributed by atoms with E-state index in [1.165, 1.54) is 6.21 Å². The van der Waals surface area contributed by atoms with Gasteiger partial charge in [-0.05, 0) is 66.7 Å². The number of hydrogen-bond donors (Lipinski definition) is 1. The Kier molecular flexibility index (Phi) is 7.19. The van der Waals surface area contributed by atoms with E-state index < -0.39 is 5.97 Å². The normalized spacial score (nSPS) is 10.7. The maximum absolute atomic E-state index is 12.4. The van der Waals surface area contributed by atoms with Gasteiger partial charge in [-0.3, -0.25) is 4.79 Å². The number of hydrogen-bond acceptors (Lipinski definition) is 4. The van der Waals surface area contributed by atoms with Gasteiger partial charge in [0.2, 0.25) is 0 Å². The van der Waals surface area contributed by atoms with Crippen LogP contribution in [-0.4, -0.2) is 18.1 Å². The van der Waals surface area contributed by atoms with Crippen LogP contribution in [-0.2, 0) is 0 Å². The van der Waals surface area contributed by atoms with E-state index in [1.54, 1.807) is 66.7 Å². The van der Waals surface area contributed by atoms with Crippen LogP contribution in [0.3, 0.4) is 0 Å². The maximum atomic E-state index is 12.4. The third-order valence-corrected chi connectivity index (χ3v) is 5.02. The highest BCUT2D eigenvalue weighted by Crippen LogP contribution is 2.23. The Morgan fingerprint density at radius 3 is 2.10 bits per heavy atom. The Bertz CT molecular complexity index is 1070. The summed E-state index contributed by atoms with van der Waals surface area (Å²) in [6.45, 7) is 0. The van der Waals surface area contributed by atoms with Crippen LogP contribution in [0.15, 0.2) is 80.8 Å². The van der Waals surface area contributed by atoms with Crippen molar-refractivity contribution in [2.75, 3.05) is 0 Å². The largest absolute Gasteiger partial charge is 0.422 e. The highest BCUT2D eigenvalue weighted by molar-refractivity contribution is 9.10. The van der Waals surface area contributed by atoms with E-state index in [0.29, 0.717) is 21.7 Å². The second-order valence-corrected chi connectivity index (χ2v) is 8.05. The molecule has 0 bridgehead atoms. The summed E-state index contributed by atoms with van der Waals surface area (Å²) in [5, 5.41) is 4.38. The maximum Gasteiger partial charge on any atom is 0.343 e. The van der Waals surface area contributed by atoms with Crippen molar-refractivity contribution in [1.82, 2.24) is 5.43 Å². The van der Waals surface area contributed by atoms with E-state index >= 15 is 0 Å². The van der Waals surface area contributed by atoms with Crippen LogP contribution >= 0.6 is 43.5 Å². The van der Waals surface area contributed by atoms with Crippen LogP contribution in [0, 0.1) is 0 Å². The second-order valence-electron chi connectivity index (χ2n) is 5.78. The van der Waals surface area contributed by atoms with Gasteiger partial charge in [-0.1, -0.05) is 43.5 Å². The number of nitrogens with one attached hydrogen (secondary N) is 1. The zero-order chi connectivity index (χ0) is 20.8. The highest BCUT2D eigenvalue weighted by Gasteiger charge is 2.12. The van der Waals surface area contributed by atoms with Crippen LogP contribution in [0.5, 0.6) is 5.75 Å². The fourth-order valence-corrected chi connectivity index (χ4v) is 2.99. The first kappa shape index (κ1) is 21.2. The molecule has 29 heavy (non-hydrogen) atoms. The van der Waals surface area contributed by atoms with E-state index in [2.05, 4.69) is 42.4 Å². The topological polar surface area (TPSA) is 67.8 Å². The van der Waals surface area contributed by atoms with Gasteiger partial charge >= 0.3 is 5.97 Å². The number of carbonyl (C=O) groups is 2. The number of hydrazone groups is 1. The van der Waals surface area contributed by atoms with E-state index in [1.807, 2.05) is 0 Å². The minimum Gasteiger partial charge on any atom is -0.422 e. The van der Waals surface area contributed by atoms with Crippen molar-refractivity contribution >= 4 is 61.6 Å². The van der Waals surface area contributed by atoms with Crippen molar-refractivity contribution in [2.45, 2.75) is 0 Å². The molecular weight excluding hydrogens is 524 g/mol. The number of nitrogens with zero attached hydrogens (tertiary/aromatic N) is 1. The average Bonchev–Trinajstić information content (AvgIpc) is 2.70. The third kappa shape index (κ3) is 6.00. The first-order valence-electron chi connectivity index (χ1n) is 8.28. The molecule has 1 N–H and O–H groups in total. The molecule has 1 amide bonds. The van der Waals surface area contributed by atoms with Crippen molar-refractivity contribution in [3.05, 3.63) is 97.4 Å². The van der Waals surface area contributed by atoms with Crippen LogP contribution in [0.2, 0.25) is 5.02 Å². The standard InChI is InChI=1S/C21H13Br2ClN2O3/c22-16-5-1-13(2-6-16)20(27)26-25-12-15-11-18(24)9-10-19(15)29-21(28)14-3-7-17(23)8-4-14/h1-12H,(H,26,27)/b25-12+. The first-order valence-corrected chi connectivity index (χ1v) is 10.2. The van der Waals surface area contributed by atoms with E-state index in [9.17, 15) is 9.59 Å². The average molecular weight is 537 g/mol. The predicted octanol–water partition coefficient (Wildman–Crippen LogP) is 5.85. The summed E-state index contributed by atoms with van der Waals surface area (Å²) in [4.78, 5) is 24.5. The lowest BCUT2D eigenvalue weighted by Gasteiger charge is -2.08. The fourth-order valence-electron chi connectivity index (χ4n) is 2.28. The third-order valence-electron chi connectivity index (χ3n) is 3.73. The Hall–Kier alpha value is -2.48. The van der Waals surface area contributed by atoms with Crippen LogP contribution in [0.1, 0.15) is 26.3 Å². The molecule has 0 atom stereocenters. The lowest BCUT2D eigenvalue weighted by Crippen LogP contribution is -2.17. The molecule has 0 spiro atoms. The predicted molar refractivity (Wildman–Crippen MR) is 120 cm³/mol. The van der Waals surface area contributed by atoms with Gasteiger partial charge in [0.15, 0.2) is 0 Å². The monoisotopic (exact) mass is 534 g/mol. The van der Waals surface area contributed by atoms with Crippen molar-refractivity contribution in [3.8, 4) is 5.75 Å². The van der Waals surface area contributed by atoms with Gasteiger partial charge in [0.25, 0.3) is 5.91 Å². The van der Waals surface area contributed by atoms with Crippen LogP contribution in [0.25, 0.3) is 0 Å². The summed E-state index contributed by atoms with van der Waals surface area (Å²) in [6.07, 6.45) is 1.37. The molecule has 8 heteroatoms. The Balaban J connectivity index is 1.73. The molecule has 0 saturated carbocycles. The second kappa shape index (κ2) is 9.82. The molecular formula is C21H13Br2ClN2O3. The number of halogens is 3. The SMILES string of the molecule is O=C(N/N=C/c1cc(Cl)ccc1OC(=O)c1ccc(Br)cc1)c1ccc(Br)cc1. The molecule has 3 rings (SSSR count). The smallest absolute Gasteiger partial charge is 0.343 e. The number of carbonyl (C=O) groups excluding carboxylic acids is 2. The first-order chi connectivity index (χ1) is 13.9. The molecule has 0 aromatic heterocycles. The zero-order valence-electron chi connectivity index (χ0n) is 14.7. The molecule has 5 nitrogen and oxygen atoms in total. The molecule has 0 aliphatic carbocycles. The summed E-state index contributed by atoms with van der Waals surface area (Å²) in [5.41, 5.74) is 3.73. The zero-order valence-corrected chi connectivity index (χ0v) is 18.7. The van der Waals surface area contributed by atoms with Gasteiger partial charge in [0, 0.05) is 25.1 Å². The molecule has 0 aliphatic rings. The molecule has 0 saturated heterocycles. The number of esters is 1. The van der Waals surface area contributed by atoms with Gasteiger partial charge in [-0.2, -0.15) is 5.10 Å². The van der Waals surface area contributed by atoms with E-state index in [-0.39, 0.29) is 11.7 Å². The molecule has 3 aromatic carbocycles. The van der Waals surface area contributed by atoms with Crippen LogP contribution < -0.4 is 10.2 Å². The van der Waals surface area contributed by atoms with Gasteiger partial charge in [-0.15, -0.1) is 0 Å². The molecule has 0 unspecified atom stereocenters. The Labute approximate surface area is 189 Å². The molecule has 0 heterocycles. The molecule has 0 fully saturated rings.